The molecule has 2 heterocycles. The molecule has 2 atom stereocenters. The Balaban J connectivity index is 1.92. The summed E-state index contributed by atoms with van der Waals surface area (Å²) in [6, 6.07) is 7.60. The molecule has 1 aliphatic rings. The van der Waals surface area contributed by atoms with Crippen LogP contribution in [0.2, 0.25) is 0 Å². The molecule has 1 aliphatic heterocycles. The van der Waals surface area contributed by atoms with E-state index in [-0.39, 0.29) is 42.2 Å². The minimum Gasteiger partial charge on any atom is -0.344 e. The summed E-state index contributed by atoms with van der Waals surface area (Å²) < 4.78 is 1.86. The van der Waals surface area contributed by atoms with E-state index in [4.69, 9.17) is 11.5 Å². The number of rotatable bonds is 5. The lowest BCUT2D eigenvalue weighted by atomic mass is 10.0. The van der Waals surface area contributed by atoms with Gasteiger partial charge < -0.3 is 16.0 Å². The maximum atomic E-state index is 13.2. The topological polar surface area (TPSA) is 137 Å². The second-order valence-electron chi connectivity index (χ2n) is 7.50. The van der Waals surface area contributed by atoms with Gasteiger partial charge in [-0.05, 0) is 24.1 Å². The molecule has 0 radical (unpaired) electrons. The van der Waals surface area contributed by atoms with Crippen LogP contribution in [-0.2, 0) is 7.05 Å². The maximum absolute atomic E-state index is 13.2. The molecule has 29 heavy (non-hydrogen) atoms. The molecule has 0 saturated heterocycles. The van der Waals surface area contributed by atoms with Crippen molar-refractivity contribution in [2.75, 3.05) is 13.1 Å². The molecule has 1 unspecified atom stereocenters. The van der Waals surface area contributed by atoms with Gasteiger partial charge in [0.15, 0.2) is 0 Å². The summed E-state index contributed by atoms with van der Waals surface area (Å²) in [7, 11) is 1.82. The number of benzene rings is 2. The van der Waals surface area contributed by atoms with E-state index in [2.05, 4.69) is 0 Å². The van der Waals surface area contributed by atoms with Gasteiger partial charge in [0.1, 0.15) is 0 Å². The Morgan fingerprint density at radius 3 is 2.48 bits per heavy atom. The number of hydrogen-bond donors (Lipinski definition) is 2. The third-order valence-electron chi connectivity index (χ3n) is 5.77. The number of aromatic nitrogens is 1. The number of carbonyl (C=O) groups excluding carboxylic acids is 2. The average molecular weight is 395 g/mol. The Morgan fingerprint density at radius 2 is 1.83 bits per heavy atom. The minimum absolute atomic E-state index is 0.0706. The van der Waals surface area contributed by atoms with Crippen molar-refractivity contribution < 1.29 is 14.5 Å². The number of nitrogens with zero attached hydrogens (tertiary/aromatic N) is 3. The van der Waals surface area contributed by atoms with Crippen LogP contribution >= 0.6 is 0 Å². The van der Waals surface area contributed by atoms with Crippen molar-refractivity contribution in [2.45, 2.75) is 13.0 Å². The third kappa shape index (κ3) is 2.70. The van der Waals surface area contributed by atoms with Gasteiger partial charge in [-0.2, -0.15) is 0 Å². The van der Waals surface area contributed by atoms with E-state index in [1.165, 1.54) is 17.0 Å². The standard InChI is InChI=1S/C20H21N5O4/c1-10(14(22)8-21)9-24-19(26)12-4-6-16-17(18(12)20(24)27)13-7-11(25(28)29)3-5-15(13)23(16)2/h3-7,10,14H,8-9,21-22H2,1-2H3/t10-,14?/m1/s1. The SMILES string of the molecule is C[C@H](CN1C(=O)c2ccc3c(c2C1=O)c1cc([N+](=O)[O-])ccc1n3C)C(N)CN. The summed E-state index contributed by atoms with van der Waals surface area (Å²) >= 11 is 0. The summed E-state index contributed by atoms with van der Waals surface area (Å²) in [5, 5.41) is 12.4. The lowest BCUT2D eigenvalue weighted by molar-refractivity contribution is -0.384. The van der Waals surface area contributed by atoms with Crippen LogP contribution in [-0.4, -0.2) is 45.3 Å². The molecular weight excluding hydrogens is 374 g/mol. The molecule has 4 rings (SSSR count). The lowest BCUT2D eigenvalue weighted by Crippen LogP contribution is -2.43. The first kappa shape index (κ1) is 19.0. The molecule has 1 aromatic heterocycles. The summed E-state index contributed by atoms with van der Waals surface area (Å²) in [6.45, 7) is 2.26. The number of aryl methyl sites for hydroxylation is 1. The largest absolute Gasteiger partial charge is 0.344 e. The fourth-order valence-corrected chi connectivity index (χ4v) is 4.00. The zero-order chi connectivity index (χ0) is 21.0. The van der Waals surface area contributed by atoms with Crippen LogP contribution in [0.3, 0.4) is 0 Å². The maximum Gasteiger partial charge on any atom is 0.270 e. The molecule has 2 amide bonds. The number of amides is 2. The smallest absolute Gasteiger partial charge is 0.270 e. The number of nitrogens with two attached hydrogens (primary N) is 2. The highest BCUT2D eigenvalue weighted by Crippen LogP contribution is 2.38. The molecule has 150 valence electrons. The van der Waals surface area contributed by atoms with E-state index in [0.29, 0.717) is 16.3 Å². The van der Waals surface area contributed by atoms with Crippen LogP contribution in [0.15, 0.2) is 30.3 Å². The zero-order valence-electron chi connectivity index (χ0n) is 16.1. The summed E-state index contributed by atoms with van der Waals surface area (Å²) in [5.74, 6) is -0.956. The van der Waals surface area contributed by atoms with Gasteiger partial charge in [-0.1, -0.05) is 6.92 Å². The molecule has 3 aromatic rings. The van der Waals surface area contributed by atoms with E-state index in [9.17, 15) is 19.7 Å². The monoisotopic (exact) mass is 395 g/mol. The number of nitro benzene ring substituents is 1. The third-order valence-corrected chi connectivity index (χ3v) is 5.77. The second-order valence-corrected chi connectivity index (χ2v) is 7.50. The fourth-order valence-electron chi connectivity index (χ4n) is 4.00. The van der Waals surface area contributed by atoms with Crippen molar-refractivity contribution in [3.05, 3.63) is 51.6 Å². The Labute approximate surface area is 166 Å². The van der Waals surface area contributed by atoms with Crippen molar-refractivity contribution in [3.63, 3.8) is 0 Å². The zero-order valence-corrected chi connectivity index (χ0v) is 16.1. The highest BCUT2D eigenvalue weighted by Gasteiger charge is 2.39. The lowest BCUT2D eigenvalue weighted by Gasteiger charge is -2.23. The van der Waals surface area contributed by atoms with Gasteiger partial charge in [-0.25, -0.2) is 0 Å². The Kier molecular flexibility index (Phi) is 4.36. The molecule has 9 heteroatoms. The number of imide groups is 1. The molecular formula is C20H21N5O4. The second kappa shape index (κ2) is 6.64. The van der Waals surface area contributed by atoms with Crippen LogP contribution in [0.4, 0.5) is 5.69 Å². The minimum atomic E-state index is -0.476. The van der Waals surface area contributed by atoms with Crippen LogP contribution in [0.1, 0.15) is 27.6 Å². The number of non-ortho nitro benzene ring substituents is 1. The predicted molar refractivity (Wildman–Crippen MR) is 109 cm³/mol. The fraction of sp³-hybridized carbons (Fsp3) is 0.300. The van der Waals surface area contributed by atoms with Gasteiger partial charge in [-0.3, -0.25) is 24.6 Å². The van der Waals surface area contributed by atoms with Crippen LogP contribution in [0.5, 0.6) is 0 Å². The van der Waals surface area contributed by atoms with E-state index in [0.717, 1.165) is 11.0 Å². The first-order valence-electron chi connectivity index (χ1n) is 9.27. The average Bonchev–Trinajstić information content (AvgIpc) is 3.13. The van der Waals surface area contributed by atoms with Crippen LogP contribution in [0.25, 0.3) is 21.8 Å². The van der Waals surface area contributed by atoms with Crippen molar-refractivity contribution in [2.24, 2.45) is 24.4 Å². The highest BCUT2D eigenvalue weighted by molar-refractivity contribution is 6.30. The number of fused-ring (bicyclic) bond motifs is 5. The highest BCUT2D eigenvalue weighted by atomic mass is 16.6. The Morgan fingerprint density at radius 1 is 1.14 bits per heavy atom. The van der Waals surface area contributed by atoms with Crippen molar-refractivity contribution in [1.82, 2.24) is 9.47 Å². The molecule has 0 spiro atoms. The Bertz CT molecular complexity index is 1200. The molecule has 0 bridgehead atoms. The first-order valence-corrected chi connectivity index (χ1v) is 9.27. The van der Waals surface area contributed by atoms with E-state index in [1.54, 1.807) is 18.2 Å². The summed E-state index contributed by atoms with van der Waals surface area (Å²) in [4.78, 5) is 38.1. The quantitative estimate of drug-likeness (QED) is 0.383. The number of carbonyl (C=O) groups is 2. The van der Waals surface area contributed by atoms with Gasteiger partial charge in [0.05, 0.1) is 16.1 Å². The van der Waals surface area contributed by atoms with Crippen LogP contribution < -0.4 is 11.5 Å². The molecule has 4 N–H and O–H groups in total. The molecule has 9 nitrogen and oxygen atoms in total. The summed E-state index contributed by atoms with van der Waals surface area (Å²) in [6.07, 6.45) is 0. The predicted octanol–water partition coefficient (Wildman–Crippen LogP) is 1.76. The van der Waals surface area contributed by atoms with Gasteiger partial charge in [0, 0.05) is 60.1 Å². The number of nitro groups is 1. The van der Waals surface area contributed by atoms with E-state index < -0.39 is 10.8 Å². The Hall–Kier alpha value is -3.30. The van der Waals surface area contributed by atoms with Crippen molar-refractivity contribution in [3.8, 4) is 0 Å². The molecule has 0 fully saturated rings. The first-order chi connectivity index (χ1) is 13.8. The normalized spacial score (nSPS) is 15.9. The molecule has 0 aliphatic carbocycles. The molecule has 0 saturated carbocycles. The van der Waals surface area contributed by atoms with Crippen LogP contribution in [0, 0.1) is 16.0 Å². The van der Waals surface area contributed by atoms with Gasteiger partial charge >= 0.3 is 0 Å². The van der Waals surface area contributed by atoms with E-state index in [1.807, 2.05) is 18.5 Å². The van der Waals surface area contributed by atoms with E-state index >= 15 is 0 Å². The van der Waals surface area contributed by atoms with Gasteiger partial charge in [0.2, 0.25) is 0 Å². The van der Waals surface area contributed by atoms with Crippen molar-refractivity contribution >= 4 is 39.3 Å². The van der Waals surface area contributed by atoms with Crippen molar-refractivity contribution in [1.29, 1.82) is 0 Å². The number of hydrogen-bond acceptors (Lipinski definition) is 6. The van der Waals surface area contributed by atoms with Gasteiger partial charge in [0.25, 0.3) is 17.5 Å². The summed E-state index contributed by atoms with van der Waals surface area (Å²) in [5.41, 5.74) is 13.6. The van der Waals surface area contributed by atoms with Gasteiger partial charge in [-0.15, -0.1) is 0 Å². The molecule has 2 aromatic carbocycles.